The number of esters is 1. The second-order valence-corrected chi connectivity index (χ2v) is 12.0. The third-order valence-corrected chi connectivity index (χ3v) is 9.52. The average molecular weight is 556 g/mol. The van der Waals surface area contributed by atoms with E-state index in [9.17, 15) is 18.0 Å². The molecule has 0 N–H and O–H groups in total. The van der Waals surface area contributed by atoms with Gasteiger partial charge in [0, 0.05) is 18.7 Å². The van der Waals surface area contributed by atoms with Crippen LogP contribution in [0.5, 0.6) is 0 Å². The average Bonchev–Trinajstić information content (AvgIpc) is 3.18. The smallest absolute Gasteiger partial charge is 0.325 e. The van der Waals surface area contributed by atoms with Crippen molar-refractivity contribution in [3.8, 4) is 0 Å². The largest absolute Gasteiger partial charge is 0.468 e. The van der Waals surface area contributed by atoms with Gasteiger partial charge < -0.3 is 9.30 Å². The Balaban J connectivity index is 1.69. The summed E-state index contributed by atoms with van der Waals surface area (Å²) in [6.07, 6.45) is 1.83. The number of hydrogen-bond acceptors (Lipinski definition) is 6. The van der Waals surface area contributed by atoms with Crippen LogP contribution in [-0.4, -0.2) is 49.4 Å². The quantitative estimate of drug-likeness (QED) is 0.436. The number of rotatable bonds is 5. The van der Waals surface area contributed by atoms with Crippen LogP contribution in [0.2, 0.25) is 10.0 Å². The monoisotopic (exact) mass is 555 g/mol. The molecule has 3 aromatic rings. The molecule has 1 unspecified atom stereocenters. The summed E-state index contributed by atoms with van der Waals surface area (Å²) >= 11 is 13.7. The fourth-order valence-corrected chi connectivity index (χ4v) is 7.07. The van der Waals surface area contributed by atoms with Gasteiger partial charge in [-0.3, -0.25) is 9.59 Å². The highest BCUT2D eigenvalue weighted by Crippen LogP contribution is 2.32. The Morgan fingerprint density at radius 1 is 1.17 bits per heavy atom. The Labute approximate surface area is 216 Å². The number of hydrogen-bond donors (Lipinski definition) is 0. The number of sulfonamides is 1. The van der Waals surface area contributed by atoms with Crippen LogP contribution in [-0.2, 0) is 26.1 Å². The van der Waals surface area contributed by atoms with E-state index < -0.39 is 21.9 Å². The minimum Gasteiger partial charge on any atom is -0.468 e. The Morgan fingerprint density at radius 2 is 1.89 bits per heavy atom. The number of amides is 1. The highest BCUT2D eigenvalue weighted by molar-refractivity contribution is 7.89. The molecule has 2 aromatic carbocycles. The van der Waals surface area contributed by atoms with Crippen molar-refractivity contribution in [1.82, 2.24) is 8.87 Å². The van der Waals surface area contributed by atoms with Crippen molar-refractivity contribution >= 4 is 66.7 Å². The van der Waals surface area contributed by atoms with Gasteiger partial charge in [-0.05, 0) is 55.2 Å². The zero-order chi connectivity index (χ0) is 25.3. The molecule has 1 atom stereocenters. The molecule has 1 aliphatic heterocycles. The van der Waals surface area contributed by atoms with Crippen molar-refractivity contribution in [3.05, 3.63) is 56.8 Å². The van der Waals surface area contributed by atoms with Gasteiger partial charge in [-0.2, -0.15) is 9.30 Å². The summed E-state index contributed by atoms with van der Waals surface area (Å²) in [5.74, 6) is -0.830. The molecule has 0 saturated carbocycles. The third kappa shape index (κ3) is 5.31. The number of nitrogens with zero attached hydrogens (tertiary/aromatic N) is 3. The maximum absolute atomic E-state index is 13.0. The van der Waals surface area contributed by atoms with Crippen molar-refractivity contribution in [2.24, 2.45) is 10.9 Å². The molecule has 0 radical (unpaired) electrons. The summed E-state index contributed by atoms with van der Waals surface area (Å²) < 4.78 is 34.4. The van der Waals surface area contributed by atoms with Gasteiger partial charge in [0.25, 0.3) is 5.91 Å². The molecule has 8 nitrogen and oxygen atoms in total. The number of ether oxygens (including phenoxy) is 1. The first-order valence-electron chi connectivity index (χ1n) is 10.8. The number of methoxy groups -OCH3 is 1. The lowest BCUT2D eigenvalue weighted by Crippen LogP contribution is -2.39. The van der Waals surface area contributed by atoms with E-state index in [-0.39, 0.29) is 26.8 Å². The van der Waals surface area contributed by atoms with Crippen LogP contribution in [0, 0.1) is 5.92 Å². The molecule has 1 aliphatic rings. The van der Waals surface area contributed by atoms with E-state index in [1.165, 1.54) is 51.6 Å². The van der Waals surface area contributed by atoms with Gasteiger partial charge >= 0.3 is 5.97 Å². The van der Waals surface area contributed by atoms with Gasteiger partial charge in [0.15, 0.2) is 4.80 Å². The van der Waals surface area contributed by atoms with E-state index in [0.29, 0.717) is 34.2 Å². The van der Waals surface area contributed by atoms with Gasteiger partial charge in [0.1, 0.15) is 6.54 Å². The Bertz CT molecular complexity index is 1460. The summed E-state index contributed by atoms with van der Waals surface area (Å²) in [5, 5.41) is 0.535. The van der Waals surface area contributed by atoms with E-state index in [1.807, 2.05) is 6.92 Å². The van der Waals surface area contributed by atoms with Crippen molar-refractivity contribution < 1.29 is 22.7 Å². The normalized spacial score (nSPS) is 17.6. The Kier molecular flexibility index (Phi) is 7.68. The van der Waals surface area contributed by atoms with Crippen LogP contribution in [0.3, 0.4) is 0 Å². The van der Waals surface area contributed by atoms with E-state index in [0.717, 1.165) is 12.8 Å². The van der Waals surface area contributed by atoms with E-state index in [1.54, 1.807) is 12.1 Å². The van der Waals surface area contributed by atoms with Gasteiger partial charge in [-0.15, -0.1) is 0 Å². The standard InChI is InChI=1S/C23H23Cl2N3O5S2/c1-14-4-3-11-27(12-14)35(31,32)16-7-5-15(6-8-16)22(30)26-23-28(13-19(29)33-2)21-18(34-23)10-9-17(24)20(21)25/h5-10,14H,3-4,11-13H2,1-2H3. The molecule has 1 saturated heterocycles. The first-order valence-corrected chi connectivity index (χ1v) is 13.9. The summed E-state index contributed by atoms with van der Waals surface area (Å²) in [5.41, 5.74) is 0.681. The SMILES string of the molecule is COC(=O)Cn1c(=NC(=O)c2ccc(S(=O)(=O)N3CCCC(C)C3)cc2)sc2ccc(Cl)c(Cl)c21. The molecule has 0 aliphatic carbocycles. The second-order valence-electron chi connectivity index (χ2n) is 8.31. The molecule has 35 heavy (non-hydrogen) atoms. The van der Waals surface area contributed by atoms with E-state index in [2.05, 4.69) is 4.99 Å². The molecular weight excluding hydrogens is 533 g/mol. The van der Waals surface area contributed by atoms with Crippen molar-refractivity contribution in [3.63, 3.8) is 0 Å². The Morgan fingerprint density at radius 3 is 2.54 bits per heavy atom. The molecule has 186 valence electrons. The van der Waals surface area contributed by atoms with Crippen molar-refractivity contribution in [2.75, 3.05) is 20.2 Å². The number of benzene rings is 2. The minimum absolute atomic E-state index is 0.132. The second kappa shape index (κ2) is 10.4. The molecule has 2 heterocycles. The maximum atomic E-state index is 13.0. The van der Waals surface area contributed by atoms with Crippen LogP contribution < -0.4 is 4.80 Å². The molecule has 0 bridgehead atoms. The third-order valence-electron chi connectivity index (χ3n) is 5.80. The number of carbonyl (C=O) groups is 2. The Hall–Kier alpha value is -2.24. The van der Waals surface area contributed by atoms with Crippen LogP contribution in [0.1, 0.15) is 30.1 Å². The number of fused-ring (bicyclic) bond motifs is 1. The number of carbonyl (C=O) groups excluding carboxylic acids is 2. The number of thiazole rings is 1. The zero-order valence-corrected chi connectivity index (χ0v) is 22.2. The highest BCUT2D eigenvalue weighted by Gasteiger charge is 2.28. The summed E-state index contributed by atoms with van der Waals surface area (Å²) in [4.78, 5) is 29.5. The number of aromatic nitrogens is 1. The zero-order valence-electron chi connectivity index (χ0n) is 19.0. The highest BCUT2D eigenvalue weighted by atomic mass is 35.5. The predicted octanol–water partition coefficient (Wildman–Crippen LogP) is 4.34. The molecule has 1 amide bonds. The molecule has 4 rings (SSSR count). The topological polar surface area (TPSA) is 98.0 Å². The molecule has 1 fully saturated rings. The van der Waals surface area contributed by atoms with Gasteiger partial charge in [0.05, 0.1) is 32.3 Å². The van der Waals surface area contributed by atoms with Gasteiger partial charge in [0.2, 0.25) is 10.0 Å². The van der Waals surface area contributed by atoms with Crippen molar-refractivity contribution in [2.45, 2.75) is 31.2 Å². The van der Waals surface area contributed by atoms with Gasteiger partial charge in [-0.25, -0.2) is 8.42 Å². The lowest BCUT2D eigenvalue weighted by atomic mass is 10.0. The lowest BCUT2D eigenvalue weighted by Gasteiger charge is -2.30. The first kappa shape index (κ1) is 25.8. The van der Waals surface area contributed by atoms with Crippen LogP contribution >= 0.6 is 34.5 Å². The molecule has 0 spiro atoms. The van der Waals surface area contributed by atoms with E-state index in [4.69, 9.17) is 27.9 Å². The minimum atomic E-state index is -3.63. The fraction of sp³-hybridized carbons (Fsp3) is 0.348. The van der Waals surface area contributed by atoms with Crippen molar-refractivity contribution in [1.29, 1.82) is 0 Å². The first-order chi connectivity index (χ1) is 16.6. The summed E-state index contributed by atoms with van der Waals surface area (Å²) in [7, 11) is -2.38. The maximum Gasteiger partial charge on any atom is 0.325 e. The number of halogens is 2. The summed E-state index contributed by atoms with van der Waals surface area (Å²) in [6, 6.07) is 9.07. The predicted molar refractivity (Wildman–Crippen MR) is 135 cm³/mol. The van der Waals surface area contributed by atoms with E-state index >= 15 is 0 Å². The molecular formula is C23H23Cl2N3O5S2. The van der Waals surface area contributed by atoms with Gasteiger partial charge in [-0.1, -0.05) is 41.5 Å². The lowest BCUT2D eigenvalue weighted by molar-refractivity contribution is -0.141. The summed E-state index contributed by atoms with van der Waals surface area (Å²) in [6.45, 7) is 2.79. The molecule has 12 heteroatoms. The number of piperidine rings is 1. The fourth-order valence-electron chi connectivity index (χ4n) is 3.96. The van der Waals surface area contributed by atoms with Crippen LogP contribution in [0.4, 0.5) is 0 Å². The molecule has 1 aromatic heterocycles. The van der Waals surface area contributed by atoms with Crippen LogP contribution in [0.15, 0.2) is 46.3 Å². The van der Waals surface area contributed by atoms with Crippen LogP contribution in [0.25, 0.3) is 10.2 Å².